The zero-order valence-corrected chi connectivity index (χ0v) is 24.2. The van der Waals surface area contributed by atoms with Gasteiger partial charge in [0.2, 0.25) is 11.8 Å². The van der Waals surface area contributed by atoms with E-state index in [9.17, 15) is 9.59 Å². The lowest BCUT2D eigenvalue weighted by molar-refractivity contribution is 0.133. The minimum absolute atomic E-state index is 0.0597. The Bertz CT molecular complexity index is 1370. The monoisotopic (exact) mass is 582 g/mol. The molecule has 0 bridgehead atoms. The van der Waals surface area contributed by atoms with E-state index in [1.165, 1.54) is 28.5 Å². The minimum Gasteiger partial charge on any atom is -0.391 e. The molecule has 0 radical (unpaired) electrons. The van der Waals surface area contributed by atoms with Crippen LogP contribution >= 0.6 is 11.3 Å². The molecule has 11 nitrogen and oxygen atoms in total. The van der Waals surface area contributed by atoms with Gasteiger partial charge >= 0.3 is 12.1 Å². The first-order valence-corrected chi connectivity index (χ1v) is 14.5. The highest BCUT2D eigenvalue weighted by atomic mass is 32.1. The van der Waals surface area contributed by atoms with Crippen LogP contribution < -0.4 is 20.3 Å². The summed E-state index contributed by atoms with van der Waals surface area (Å²) in [6.07, 6.45) is 3.36. The number of halogens is 1. The molecular weight excluding hydrogens is 547 g/mol. The molecule has 2 aromatic heterocycles. The van der Waals surface area contributed by atoms with E-state index in [-0.39, 0.29) is 24.9 Å². The first-order chi connectivity index (χ1) is 19.8. The molecular formula is C28H35FN8O3S. The van der Waals surface area contributed by atoms with Gasteiger partial charge in [-0.25, -0.2) is 23.9 Å². The molecule has 2 aliphatic rings. The number of hydrogen-bond acceptors (Lipinski definition) is 9. The summed E-state index contributed by atoms with van der Waals surface area (Å²) in [5.41, 5.74) is 2.17. The first-order valence-electron chi connectivity index (χ1n) is 13.7. The topological polar surface area (TPSA) is 116 Å². The molecule has 2 atom stereocenters. The van der Waals surface area contributed by atoms with Crippen LogP contribution in [0, 0.1) is 6.92 Å². The highest BCUT2D eigenvalue weighted by molar-refractivity contribution is 7.19. The van der Waals surface area contributed by atoms with Crippen LogP contribution in [0.2, 0.25) is 0 Å². The van der Waals surface area contributed by atoms with Gasteiger partial charge in [-0.05, 0) is 57.5 Å². The van der Waals surface area contributed by atoms with Crippen LogP contribution in [0.3, 0.4) is 0 Å². The fraction of sp³-hybridized carbons (Fsp3) is 0.464. The molecule has 4 heterocycles. The van der Waals surface area contributed by atoms with Crippen LogP contribution in [0.25, 0.3) is 10.4 Å². The van der Waals surface area contributed by atoms with Crippen molar-refractivity contribution in [2.75, 3.05) is 50.5 Å². The van der Waals surface area contributed by atoms with Gasteiger partial charge in [0.25, 0.3) is 0 Å². The highest BCUT2D eigenvalue weighted by Crippen LogP contribution is 2.31. The number of urea groups is 1. The van der Waals surface area contributed by atoms with Crippen molar-refractivity contribution in [1.82, 2.24) is 30.1 Å². The van der Waals surface area contributed by atoms with Crippen molar-refractivity contribution in [3.8, 4) is 16.3 Å². The van der Waals surface area contributed by atoms with Crippen molar-refractivity contribution in [1.29, 1.82) is 0 Å². The second-order valence-electron chi connectivity index (χ2n) is 10.5. The van der Waals surface area contributed by atoms with E-state index in [4.69, 9.17) is 4.74 Å². The number of amides is 3. The fourth-order valence-corrected chi connectivity index (χ4v) is 5.97. The summed E-state index contributed by atoms with van der Waals surface area (Å²) in [7, 11) is 3.63. The number of anilines is 2. The predicted octanol–water partition coefficient (Wildman–Crippen LogP) is 4.17. The molecule has 0 spiro atoms. The smallest absolute Gasteiger partial charge is 0.391 e. The van der Waals surface area contributed by atoms with E-state index in [1.807, 2.05) is 31.2 Å². The molecule has 2 fully saturated rings. The largest absolute Gasteiger partial charge is 0.414 e. The molecule has 2 aliphatic heterocycles. The van der Waals surface area contributed by atoms with Crippen molar-refractivity contribution in [2.24, 2.45) is 0 Å². The molecule has 0 unspecified atom stereocenters. The van der Waals surface area contributed by atoms with Gasteiger partial charge in [0, 0.05) is 44.6 Å². The number of rotatable bonds is 6. The summed E-state index contributed by atoms with van der Waals surface area (Å²) in [4.78, 5) is 44.9. The van der Waals surface area contributed by atoms with Gasteiger partial charge < -0.3 is 24.8 Å². The number of alkyl halides is 1. The highest BCUT2D eigenvalue weighted by Gasteiger charge is 2.35. The van der Waals surface area contributed by atoms with Crippen molar-refractivity contribution in [3.05, 3.63) is 48.3 Å². The number of benzene rings is 1. The van der Waals surface area contributed by atoms with Crippen LogP contribution in [0.4, 0.5) is 25.1 Å². The summed E-state index contributed by atoms with van der Waals surface area (Å²) in [6, 6.07) is 8.35. The molecule has 1 aromatic carbocycles. The summed E-state index contributed by atoms with van der Waals surface area (Å²) < 4.78 is 20.5. The molecule has 2 N–H and O–H groups in total. The number of aryl methyl sites for hydroxylation is 1. The lowest BCUT2D eigenvalue weighted by atomic mass is 10.0. The second-order valence-corrected chi connectivity index (χ2v) is 11.5. The van der Waals surface area contributed by atoms with Gasteiger partial charge in [0.05, 0.1) is 10.9 Å². The third-order valence-electron chi connectivity index (χ3n) is 7.59. The van der Waals surface area contributed by atoms with Crippen LogP contribution in [-0.2, 0) is 0 Å². The maximum absolute atomic E-state index is 15.1. The number of carbonyl (C=O) groups is 2. The molecule has 2 saturated heterocycles. The van der Waals surface area contributed by atoms with Crippen LogP contribution in [0.15, 0.2) is 42.7 Å². The zero-order chi connectivity index (χ0) is 28.9. The van der Waals surface area contributed by atoms with Crippen molar-refractivity contribution in [3.63, 3.8) is 0 Å². The average molecular weight is 583 g/mol. The number of carbonyl (C=O) groups excluding carboxylic acids is 2. The first kappa shape index (κ1) is 28.7. The zero-order valence-electron chi connectivity index (χ0n) is 23.4. The van der Waals surface area contributed by atoms with Gasteiger partial charge in [0.15, 0.2) is 5.13 Å². The van der Waals surface area contributed by atoms with E-state index < -0.39 is 24.3 Å². The fourth-order valence-electron chi connectivity index (χ4n) is 5.07. The van der Waals surface area contributed by atoms with Crippen molar-refractivity contribution in [2.45, 2.75) is 44.4 Å². The molecule has 218 valence electrons. The molecule has 3 aromatic rings. The van der Waals surface area contributed by atoms with E-state index >= 15 is 4.39 Å². The van der Waals surface area contributed by atoms with Crippen LogP contribution in [0.1, 0.15) is 24.8 Å². The molecule has 0 aliphatic carbocycles. The van der Waals surface area contributed by atoms with Gasteiger partial charge in [-0.2, -0.15) is 4.98 Å². The summed E-state index contributed by atoms with van der Waals surface area (Å²) >= 11 is 1.37. The lowest BCUT2D eigenvalue weighted by Crippen LogP contribution is -2.55. The quantitative estimate of drug-likeness (QED) is 0.445. The third kappa shape index (κ3) is 7.09. The summed E-state index contributed by atoms with van der Waals surface area (Å²) in [5.74, 6) is 0.418. The number of thiazole rings is 1. The van der Waals surface area contributed by atoms with Crippen molar-refractivity contribution < 1.29 is 18.7 Å². The average Bonchev–Trinajstić information content (AvgIpc) is 3.42. The Morgan fingerprint density at radius 1 is 1.12 bits per heavy atom. The number of likely N-dealkylation sites (N-methyl/N-ethyl adjacent to an activating group) is 1. The van der Waals surface area contributed by atoms with Crippen LogP contribution in [-0.4, -0.2) is 95.4 Å². The van der Waals surface area contributed by atoms with Crippen LogP contribution in [0.5, 0.6) is 5.88 Å². The Balaban J connectivity index is 1.19. The maximum Gasteiger partial charge on any atom is 0.414 e. The Morgan fingerprint density at radius 3 is 2.68 bits per heavy atom. The van der Waals surface area contributed by atoms with Gasteiger partial charge in [0.1, 0.15) is 6.17 Å². The normalized spacial score (nSPS) is 20.0. The standard InChI is InChI=1S/C28H35FN8O3S/c1-18-6-4-5-7-20(18)23-16-31-26(41-23)34-27(38)36(3)22-17-37(15-11-21(22)29)25-30-12-8-24(33-25)40-28(39)32-19-9-13-35(2)14-10-19/h4-8,12,16,19,21-22H,9-11,13-15,17H2,1-3H3,(H,32,39)(H,31,34,38)/t21-,22+/m1/s1. The number of aromatic nitrogens is 3. The third-order valence-corrected chi connectivity index (χ3v) is 8.53. The second kappa shape index (κ2) is 12.8. The Labute approximate surface area is 242 Å². The Kier molecular flexibility index (Phi) is 8.93. The summed E-state index contributed by atoms with van der Waals surface area (Å²) in [5, 5.41) is 6.13. The number of piperidine rings is 2. The molecule has 41 heavy (non-hydrogen) atoms. The Morgan fingerprint density at radius 2 is 1.90 bits per heavy atom. The molecule has 13 heteroatoms. The van der Waals surface area contributed by atoms with E-state index in [2.05, 4.69) is 37.5 Å². The molecule has 3 amide bonds. The van der Waals surface area contributed by atoms with E-state index in [0.29, 0.717) is 17.6 Å². The van der Waals surface area contributed by atoms with Gasteiger partial charge in [-0.1, -0.05) is 35.6 Å². The van der Waals surface area contributed by atoms with E-state index in [1.54, 1.807) is 18.1 Å². The number of nitrogens with one attached hydrogen (secondary N) is 2. The number of nitrogens with zero attached hydrogens (tertiary/aromatic N) is 6. The number of likely N-dealkylation sites (tertiary alicyclic amines) is 1. The molecule has 5 rings (SSSR count). The maximum atomic E-state index is 15.1. The number of hydrogen-bond donors (Lipinski definition) is 2. The predicted molar refractivity (Wildman–Crippen MR) is 156 cm³/mol. The minimum atomic E-state index is -1.22. The Hall–Kier alpha value is -3.84. The van der Waals surface area contributed by atoms with Gasteiger partial charge in [-0.3, -0.25) is 5.32 Å². The van der Waals surface area contributed by atoms with Crippen molar-refractivity contribution >= 4 is 34.5 Å². The SMILES string of the molecule is Cc1ccccc1-c1cnc(NC(=O)N(C)[C@H]2CN(c3nccc(OC(=O)NC4CCN(C)CC4)n3)CC[C@H]2F)s1. The van der Waals surface area contributed by atoms with E-state index in [0.717, 1.165) is 41.9 Å². The molecule has 0 saturated carbocycles. The lowest BCUT2D eigenvalue weighted by Gasteiger charge is -2.39. The number of ether oxygens (including phenoxy) is 1. The van der Waals surface area contributed by atoms with Gasteiger partial charge in [-0.15, -0.1) is 0 Å². The summed E-state index contributed by atoms with van der Waals surface area (Å²) in [6.45, 7) is 4.40.